The van der Waals surface area contributed by atoms with E-state index in [4.69, 9.17) is 0 Å². The summed E-state index contributed by atoms with van der Waals surface area (Å²) in [4.78, 5) is 12.0. The average molecular weight is 360 g/mol. The van der Waals surface area contributed by atoms with Gasteiger partial charge in [-0.15, -0.1) is 5.10 Å². The molecule has 0 radical (unpaired) electrons. The first kappa shape index (κ1) is 14.9. The molecular formula is C11H11BrFN5OS. The topological polar surface area (TPSA) is 72.7 Å². The highest BCUT2D eigenvalue weighted by molar-refractivity contribution is 9.10. The lowest BCUT2D eigenvalue weighted by Gasteiger charge is -2.11. The van der Waals surface area contributed by atoms with Crippen molar-refractivity contribution in [3.05, 3.63) is 28.5 Å². The van der Waals surface area contributed by atoms with Crippen molar-refractivity contribution in [3.63, 3.8) is 0 Å². The highest BCUT2D eigenvalue weighted by Crippen LogP contribution is 2.23. The molecule has 106 valence electrons. The number of benzene rings is 1. The molecule has 1 N–H and O–H groups in total. The molecule has 1 aromatic heterocycles. The van der Waals surface area contributed by atoms with Gasteiger partial charge in [0.25, 0.3) is 0 Å². The Hall–Kier alpha value is -1.48. The highest BCUT2D eigenvalue weighted by Gasteiger charge is 2.18. The summed E-state index contributed by atoms with van der Waals surface area (Å²) >= 11 is 4.35. The van der Waals surface area contributed by atoms with Crippen LogP contribution in [-0.4, -0.2) is 31.4 Å². The Kier molecular flexibility index (Phi) is 4.71. The number of thioether (sulfide) groups is 1. The number of tetrazole rings is 1. The van der Waals surface area contributed by atoms with Crippen LogP contribution in [0.25, 0.3) is 0 Å². The van der Waals surface area contributed by atoms with E-state index in [1.165, 1.54) is 28.6 Å². The maximum Gasteiger partial charge on any atom is 0.237 e. The smallest absolute Gasteiger partial charge is 0.237 e. The largest absolute Gasteiger partial charge is 0.323 e. The van der Waals surface area contributed by atoms with Crippen LogP contribution in [0.1, 0.15) is 6.92 Å². The fourth-order valence-electron chi connectivity index (χ4n) is 1.36. The minimum Gasteiger partial charge on any atom is -0.323 e. The third-order valence-corrected chi connectivity index (χ3v) is 4.04. The first-order chi connectivity index (χ1) is 9.47. The van der Waals surface area contributed by atoms with Crippen LogP contribution in [0.4, 0.5) is 10.1 Å². The molecule has 0 unspecified atom stereocenters. The van der Waals surface area contributed by atoms with Gasteiger partial charge in [0.1, 0.15) is 5.82 Å². The minimum atomic E-state index is -0.495. The number of rotatable bonds is 4. The summed E-state index contributed by atoms with van der Waals surface area (Å²) in [6, 6.07) is 4.45. The molecule has 6 nitrogen and oxygen atoms in total. The van der Waals surface area contributed by atoms with E-state index in [0.717, 1.165) is 0 Å². The van der Waals surface area contributed by atoms with Crippen molar-refractivity contribution in [3.8, 4) is 0 Å². The molecule has 2 rings (SSSR count). The Morgan fingerprint density at radius 3 is 2.90 bits per heavy atom. The number of amides is 1. The van der Waals surface area contributed by atoms with E-state index in [0.29, 0.717) is 9.63 Å². The predicted octanol–water partition coefficient (Wildman–Crippen LogP) is 2.23. The van der Waals surface area contributed by atoms with Crippen LogP contribution < -0.4 is 5.32 Å². The minimum absolute atomic E-state index is 0.141. The second-order valence-electron chi connectivity index (χ2n) is 3.96. The van der Waals surface area contributed by atoms with Crippen molar-refractivity contribution in [2.24, 2.45) is 7.05 Å². The molecule has 1 aromatic carbocycles. The van der Waals surface area contributed by atoms with E-state index in [1.54, 1.807) is 20.0 Å². The van der Waals surface area contributed by atoms with Gasteiger partial charge in [0, 0.05) is 11.5 Å². The van der Waals surface area contributed by atoms with Gasteiger partial charge in [0.05, 0.1) is 10.9 Å². The van der Waals surface area contributed by atoms with Gasteiger partial charge >= 0.3 is 0 Å². The van der Waals surface area contributed by atoms with Crippen LogP contribution in [-0.2, 0) is 11.8 Å². The van der Waals surface area contributed by atoms with E-state index < -0.39 is 11.1 Å². The van der Waals surface area contributed by atoms with E-state index in [-0.39, 0.29) is 11.6 Å². The summed E-state index contributed by atoms with van der Waals surface area (Å²) in [5.74, 6) is -0.815. The number of aryl methyl sites for hydroxylation is 1. The second kappa shape index (κ2) is 6.31. The summed E-state index contributed by atoms with van der Waals surface area (Å²) in [5, 5.41) is 13.5. The van der Waals surface area contributed by atoms with E-state index in [1.807, 2.05) is 0 Å². The number of carbonyl (C=O) groups is 1. The van der Waals surface area contributed by atoms with Gasteiger partial charge in [-0.1, -0.05) is 27.7 Å². The maximum atomic E-state index is 13.6. The zero-order chi connectivity index (χ0) is 14.7. The van der Waals surface area contributed by atoms with Crippen molar-refractivity contribution in [1.82, 2.24) is 20.2 Å². The molecule has 9 heteroatoms. The van der Waals surface area contributed by atoms with E-state index in [2.05, 4.69) is 36.8 Å². The number of halogens is 2. The Bertz CT molecular complexity index is 635. The van der Waals surface area contributed by atoms with Crippen molar-refractivity contribution < 1.29 is 9.18 Å². The van der Waals surface area contributed by atoms with Crippen molar-refractivity contribution in [1.29, 1.82) is 0 Å². The van der Waals surface area contributed by atoms with Gasteiger partial charge in [-0.3, -0.25) is 4.79 Å². The monoisotopic (exact) mass is 359 g/mol. The number of hydrogen-bond donors (Lipinski definition) is 1. The SMILES string of the molecule is C[C@H](Sc1nnnn1C)C(=O)Nc1ccc(Br)cc1F. The van der Waals surface area contributed by atoms with Gasteiger partial charge in [-0.05, 0) is 35.5 Å². The van der Waals surface area contributed by atoms with Crippen LogP contribution in [0.15, 0.2) is 27.8 Å². The lowest BCUT2D eigenvalue weighted by Crippen LogP contribution is -2.23. The molecule has 0 aliphatic heterocycles. The van der Waals surface area contributed by atoms with Crippen molar-refractivity contribution >= 4 is 39.3 Å². The Morgan fingerprint density at radius 1 is 1.55 bits per heavy atom. The molecule has 0 saturated carbocycles. The first-order valence-electron chi connectivity index (χ1n) is 5.62. The van der Waals surface area contributed by atoms with Crippen molar-refractivity contribution in [2.45, 2.75) is 17.3 Å². The zero-order valence-electron chi connectivity index (χ0n) is 10.7. The molecule has 1 heterocycles. The molecule has 0 aliphatic carbocycles. The molecule has 1 amide bonds. The van der Waals surface area contributed by atoms with Gasteiger partial charge in [0.15, 0.2) is 0 Å². The summed E-state index contributed by atoms with van der Waals surface area (Å²) in [6.07, 6.45) is 0. The van der Waals surface area contributed by atoms with Gasteiger partial charge < -0.3 is 5.32 Å². The lowest BCUT2D eigenvalue weighted by atomic mass is 10.3. The normalized spacial score (nSPS) is 12.2. The number of carbonyl (C=O) groups excluding carboxylic acids is 1. The Balaban J connectivity index is 2.02. The second-order valence-corrected chi connectivity index (χ2v) is 6.18. The predicted molar refractivity (Wildman–Crippen MR) is 76.8 cm³/mol. The van der Waals surface area contributed by atoms with Gasteiger partial charge in [-0.25, -0.2) is 9.07 Å². The lowest BCUT2D eigenvalue weighted by molar-refractivity contribution is -0.115. The third-order valence-electron chi connectivity index (χ3n) is 2.42. The van der Waals surface area contributed by atoms with Gasteiger partial charge in [-0.2, -0.15) is 0 Å². The molecule has 0 aliphatic rings. The quantitative estimate of drug-likeness (QED) is 0.847. The van der Waals surface area contributed by atoms with Crippen LogP contribution in [0.5, 0.6) is 0 Å². The third kappa shape index (κ3) is 3.54. The number of hydrogen-bond acceptors (Lipinski definition) is 5. The number of aromatic nitrogens is 4. The molecule has 0 fully saturated rings. The van der Waals surface area contributed by atoms with E-state index >= 15 is 0 Å². The summed E-state index contributed by atoms with van der Waals surface area (Å²) in [7, 11) is 1.68. The fraction of sp³-hybridized carbons (Fsp3) is 0.273. The average Bonchev–Trinajstić information content (AvgIpc) is 2.78. The first-order valence-corrected chi connectivity index (χ1v) is 7.29. The van der Waals surface area contributed by atoms with Crippen LogP contribution in [0, 0.1) is 5.82 Å². The Morgan fingerprint density at radius 2 is 2.30 bits per heavy atom. The maximum absolute atomic E-state index is 13.6. The van der Waals surface area contributed by atoms with Gasteiger partial charge in [0.2, 0.25) is 11.1 Å². The molecule has 20 heavy (non-hydrogen) atoms. The van der Waals surface area contributed by atoms with Crippen LogP contribution in [0.2, 0.25) is 0 Å². The number of anilines is 1. The zero-order valence-corrected chi connectivity index (χ0v) is 13.1. The van der Waals surface area contributed by atoms with E-state index in [9.17, 15) is 9.18 Å². The van der Waals surface area contributed by atoms with Crippen LogP contribution in [0.3, 0.4) is 0 Å². The number of nitrogens with one attached hydrogen (secondary N) is 1. The summed E-state index contributed by atoms with van der Waals surface area (Å²) < 4.78 is 15.7. The molecule has 1 atom stereocenters. The molecule has 0 bridgehead atoms. The van der Waals surface area contributed by atoms with Crippen LogP contribution >= 0.6 is 27.7 Å². The molecule has 2 aromatic rings. The molecule has 0 saturated heterocycles. The standard InChI is InChI=1S/C11H11BrFN5OS/c1-6(20-11-15-16-17-18(11)2)10(19)14-9-4-3-7(12)5-8(9)13/h3-6H,1-2H3,(H,14,19)/t6-/m0/s1. The summed E-state index contributed by atoms with van der Waals surface area (Å²) in [5.41, 5.74) is 0.141. The molecule has 0 spiro atoms. The summed E-state index contributed by atoms with van der Waals surface area (Å²) in [6.45, 7) is 1.70. The number of nitrogens with zero attached hydrogens (tertiary/aromatic N) is 4. The van der Waals surface area contributed by atoms with Crippen molar-refractivity contribution in [2.75, 3.05) is 5.32 Å². The Labute approximate surface area is 127 Å². The fourth-order valence-corrected chi connectivity index (χ4v) is 2.45. The highest BCUT2D eigenvalue weighted by atomic mass is 79.9. The molecular weight excluding hydrogens is 349 g/mol.